The number of carbonyl (C=O) groups excluding carboxylic acids is 1. The molecular formula is C14H20O2S. The molecule has 0 amide bonds. The molecular weight excluding hydrogens is 232 g/mol. The lowest BCUT2D eigenvalue weighted by Gasteiger charge is -2.19. The van der Waals surface area contributed by atoms with Gasteiger partial charge < -0.3 is 4.74 Å². The quantitative estimate of drug-likeness (QED) is 0.766. The Hall–Kier alpha value is -0.960. The second-order valence-corrected chi connectivity index (χ2v) is 6.05. The number of carbonyl (C=O) groups is 1. The average molecular weight is 252 g/mol. The van der Waals surface area contributed by atoms with Gasteiger partial charge in [-0.25, -0.2) is 0 Å². The molecule has 0 radical (unpaired) electrons. The highest BCUT2D eigenvalue weighted by molar-refractivity contribution is 7.99. The van der Waals surface area contributed by atoms with Crippen molar-refractivity contribution in [1.82, 2.24) is 0 Å². The van der Waals surface area contributed by atoms with Gasteiger partial charge in [-0.15, -0.1) is 11.8 Å². The van der Waals surface area contributed by atoms with Gasteiger partial charge in [0.1, 0.15) is 5.60 Å². The number of benzene rings is 1. The molecule has 3 heteroatoms. The molecule has 0 aliphatic carbocycles. The molecule has 94 valence electrons. The van der Waals surface area contributed by atoms with Crippen molar-refractivity contribution in [2.75, 3.05) is 5.75 Å². The van der Waals surface area contributed by atoms with Crippen LogP contribution in [0.4, 0.5) is 0 Å². The predicted molar refractivity (Wildman–Crippen MR) is 73.2 cm³/mol. The van der Waals surface area contributed by atoms with Gasteiger partial charge in [0.2, 0.25) is 0 Å². The van der Waals surface area contributed by atoms with Crippen LogP contribution in [0.25, 0.3) is 0 Å². The highest BCUT2D eigenvalue weighted by Crippen LogP contribution is 2.15. The zero-order valence-electron chi connectivity index (χ0n) is 10.9. The van der Waals surface area contributed by atoms with E-state index in [1.54, 1.807) is 11.8 Å². The molecule has 0 saturated carbocycles. The van der Waals surface area contributed by atoms with Gasteiger partial charge in [0.25, 0.3) is 0 Å². The van der Waals surface area contributed by atoms with E-state index in [9.17, 15) is 4.79 Å². The van der Waals surface area contributed by atoms with Crippen molar-refractivity contribution in [3.05, 3.63) is 35.4 Å². The van der Waals surface area contributed by atoms with E-state index in [-0.39, 0.29) is 11.6 Å². The van der Waals surface area contributed by atoms with E-state index in [2.05, 4.69) is 31.2 Å². The fraction of sp³-hybridized carbons (Fsp3) is 0.500. The standard InChI is InChI=1S/C14H20O2S/c1-11-5-7-12(8-6-11)9-17-10-13(15)16-14(2,3)4/h5-8H,9-10H2,1-4H3. The van der Waals surface area contributed by atoms with Crippen LogP contribution in [0.15, 0.2) is 24.3 Å². The molecule has 0 fully saturated rings. The minimum atomic E-state index is -0.387. The third-order valence-electron chi connectivity index (χ3n) is 2.03. The van der Waals surface area contributed by atoms with Crippen LogP contribution >= 0.6 is 11.8 Å². The molecule has 0 bridgehead atoms. The number of hydrogen-bond acceptors (Lipinski definition) is 3. The van der Waals surface area contributed by atoms with Crippen molar-refractivity contribution in [2.24, 2.45) is 0 Å². The number of esters is 1. The summed E-state index contributed by atoms with van der Waals surface area (Å²) in [5, 5.41) is 0. The van der Waals surface area contributed by atoms with Crippen LogP contribution in [0, 0.1) is 6.92 Å². The first kappa shape index (κ1) is 14.1. The van der Waals surface area contributed by atoms with Gasteiger partial charge in [0, 0.05) is 5.75 Å². The monoisotopic (exact) mass is 252 g/mol. The summed E-state index contributed by atoms with van der Waals surface area (Å²) in [5.41, 5.74) is 2.11. The number of thioether (sulfide) groups is 1. The van der Waals surface area contributed by atoms with Crippen LogP contribution in [0.5, 0.6) is 0 Å². The molecule has 17 heavy (non-hydrogen) atoms. The van der Waals surface area contributed by atoms with E-state index in [1.165, 1.54) is 11.1 Å². The molecule has 1 aromatic carbocycles. The second-order valence-electron chi connectivity index (χ2n) is 5.06. The predicted octanol–water partition coefficient (Wildman–Crippen LogP) is 3.57. The van der Waals surface area contributed by atoms with Crippen LogP contribution in [0.3, 0.4) is 0 Å². The molecule has 0 unspecified atom stereocenters. The van der Waals surface area contributed by atoms with Gasteiger partial charge in [0.05, 0.1) is 5.75 Å². The van der Waals surface area contributed by atoms with Gasteiger partial charge in [-0.1, -0.05) is 29.8 Å². The Morgan fingerprint density at radius 3 is 2.35 bits per heavy atom. The molecule has 0 aliphatic rings. The number of hydrogen-bond donors (Lipinski definition) is 0. The third kappa shape index (κ3) is 6.37. The smallest absolute Gasteiger partial charge is 0.316 e. The lowest BCUT2D eigenvalue weighted by Crippen LogP contribution is -2.24. The first-order valence-corrected chi connectivity index (χ1v) is 6.87. The molecule has 0 saturated heterocycles. The van der Waals surface area contributed by atoms with Crippen LogP contribution in [0.1, 0.15) is 31.9 Å². The largest absolute Gasteiger partial charge is 0.459 e. The summed E-state index contributed by atoms with van der Waals surface area (Å²) in [4.78, 5) is 11.5. The van der Waals surface area contributed by atoms with Crippen LogP contribution < -0.4 is 0 Å². The summed E-state index contributed by atoms with van der Waals surface area (Å²) in [6.07, 6.45) is 0. The summed E-state index contributed by atoms with van der Waals surface area (Å²) in [5.74, 6) is 1.11. The molecule has 0 aromatic heterocycles. The molecule has 0 spiro atoms. The first-order chi connectivity index (χ1) is 7.87. The molecule has 0 aliphatic heterocycles. The topological polar surface area (TPSA) is 26.3 Å². The highest BCUT2D eigenvalue weighted by Gasteiger charge is 2.15. The van der Waals surface area contributed by atoms with Crippen LogP contribution in [-0.4, -0.2) is 17.3 Å². The van der Waals surface area contributed by atoms with Crippen molar-refractivity contribution in [2.45, 2.75) is 39.0 Å². The minimum absolute atomic E-state index is 0.144. The summed E-state index contributed by atoms with van der Waals surface area (Å²) < 4.78 is 5.23. The van der Waals surface area contributed by atoms with Crippen LogP contribution in [-0.2, 0) is 15.3 Å². The number of aryl methyl sites for hydroxylation is 1. The molecule has 1 rings (SSSR count). The van der Waals surface area contributed by atoms with Crippen molar-refractivity contribution in [1.29, 1.82) is 0 Å². The van der Waals surface area contributed by atoms with Gasteiger partial charge >= 0.3 is 5.97 Å². The van der Waals surface area contributed by atoms with E-state index < -0.39 is 0 Å². The molecule has 0 atom stereocenters. The summed E-state index contributed by atoms with van der Waals surface area (Å²) in [6, 6.07) is 8.36. The minimum Gasteiger partial charge on any atom is -0.459 e. The Bertz CT molecular complexity index is 363. The SMILES string of the molecule is Cc1ccc(CSCC(=O)OC(C)(C)C)cc1. The summed E-state index contributed by atoms with van der Waals surface area (Å²) in [6.45, 7) is 7.72. The normalized spacial score (nSPS) is 11.3. The fourth-order valence-corrected chi connectivity index (χ4v) is 2.06. The van der Waals surface area contributed by atoms with Crippen molar-refractivity contribution >= 4 is 17.7 Å². The van der Waals surface area contributed by atoms with E-state index >= 15 is 0 Å². The summed E-state index contributed by atoms with van der Waals surface area (Å²) >= 11 is 1.59. The van der Waals surface area contributed by atoms with E-state index in [1.807, 2.05) is 20.8 Å². The van der Waals surface area contributed by atoms with E-state index in [0.717, 1.165) is 5.75 Å². The lowest BCUT2D eigenvalue weighted by atomic mass is 10.2. The molecule has 0 N–H and O–H groups in total. The van der Waals surface area contributed by atoms with Crippen molar-refractivity contribution < 1.29 is 9.53 Å². The van der Waals surface area contributed by atoms with Crippen molar-refractivity contribution in [3.63, 3.8) is 0 Å². The number of ether oxygens (including phenoxy) is 1. The highest BCUT2D eigenvalue weighted by atomic mass is 32.2. The van der Waals surface area contributed by atoms with Gasteiger partial charge in [-0.05, 0) is 33.3 Å². The van der Waals surface area contributed by atoms with E-state index in [4.69, 9.17) is 4.74 Å². The zero-order valence-corrected chi connectivity index (χ0v) is 11.8. The summed E-state index contributed by atoms with van der Waals surface area (Å²) in [7, 11) is 0. The zero-order chi connectivity index (χ0) is 12.9. The second kappa shape index (κ2) is 6.10. The maximum Gasteiger partial charge on any atom is 0.316 e. The number of rotatable bonds is 4. The Morgan fingerprint density at radius 1 is 1.24 bits per heavy atom. The Balaban J connectivity index is 2.28. The fourth-order valence-electron chi connectivity index (χ4n) is 1.31. The van der Waals surface area contributed by atoms with Gasteiger partial charge in [-0.2, -0.15) is 0 Å². The third-order valence-corrected chi connectivity index (χ3v) is 3.01. The first-order valence-electron chi connectivity index (χ1n) is 5.72. The average Bonchev–Trinajstić information content (AvgIpc) is 2.18. The Kier molecular flexibility index (Phi) is 5.06. The van der Waals surface area contributed by atoms with Gasteiger partial charge in [0.15, 0.2) is 0 Å². The maximum atomic E-state index is 11.5. The molecule has 0 heterocycles. The molecule has 2 nitrogen and oxygen atoms in total. The van der Waals surface area contributed by atoms with E-state index in [0.29, 0.717) is 5.75 Å². The van der Waals surface area contributed by atoms with Crippen molar-refractivity contribution in [3.8, 4) is 0 Å². The lowest BCUT2D eigenvalue weighted by molar-refractivity contribution is -0.151. The Labute approximate surface area is 108 Å². The Morgan fingerprint density at radius 2 is 1.82 bits per heavy atom. The maximum absolute atomic E-state index is 11.5. The molecule has 1 aromatic rings. The van der Waals surface area contributed by atoms with Gasteiger partial charge in [-0.3, -0.25) is 4.79 Å². The van der Waals surface area contributed by atoms with Crippen LogP contribution in [0.2, 0.25) is 0 Å².